The molecule has 8 heteroatoms. The van der Waals surface area contributed by atoms with Gasteiger partial charge in [0.2, 0.25) is 5.91 Å². The van der Waals surface area contributed by atoms with Crippen LogP contribution in [0, 0.1) is 5.41 Å². The maximum Gasteiger partial charge on any atom is 0.269 e. The van der Waals surface area contributed by atoms with Gasteiger partial charge in [0.1, 0.15) is 5.69 Å². The van der Waals surface area contributed by atoms with Gasteiger partial charge in [-0.25, -0.2) is 0 Å². The van der Waals surface area contributed by atoms with E-state index in [0.29, 0.717) is 13.1 Å². The van der Waals surface area contributed by atoms with Crippen LogP contribution in [0.3, 0.4) is 0 Å². The van der Waals surface area contributed by atoms with Crippen LogP contribution in [0.5, 0.6) is 0 Å². The van der Waals surface area contributed by atoms with Gasteiger partial charge in [0.15, 0.2) is 0 Å². The average Bonchev–Trinajstić information content (AvgIpc) is 3.07. The van der Waals surface area contributed by atoms with Gasteiger partial charge in [0.25, 0.3) is 5.91 Å². The Morgan fingerprint density at radius 2 is 2.08 bits per heavy atom. The minimum absolute atomic E-state index is 0. The SMILES string of the molecule is CCC(CC)(CN)C(=O)N1CCCC(c2cc(C(N)=O)n[nH]2)C1.Cl. The van der Waals surface area contributed by atoms with E-state index in [1.807, 2.05) is 18.7 Å². The Bertz CT molecular complexity index is 562. The summed E-state index contributed by atoms with van der Waals surface area (Å²) >= 11 is 0. The van der Waals surface area contributed by atoms with Gasteiger partial charge in [-0.1, -0.05) is 13.8 Å². The monoisotopic (exact) mass is 357 g/mol. The summed E-state index contributed by atoms with van der Waals surface area (Å²) in [4.78, 5) is 26.0. The van der Waals surface area contributed by atoms with E-state index < -0.39 is 11.3 Å². The molecule has 0 spiro atoms. The maximum absolute atomic E-state index is 12.9. The molecule has 1 saturated heterocycles. The van der Waals surface area contributed by atoms with Gasteiger partial charge >= 0.3 is 0 Å². The standard InChI is InChI=1S/C16H27N5O2.ClH/c1-3-16(4-2,10-17)15(23)21-7-5-6-11(9-21)12-8-13(14(18)22)20-19-12;/h8,11H,3-7,9-10,17H2,1-2H3,(H2,18,22)(H,19,20);1H. The molecule has 1 aromatic rings. The van der Waals surface area contributed by atoms with Crippen molar-refractivity contribution in [2.75, 3.05) is 19.6 Å². The number of aromatic nitrogens is 2. The molecule has 0 bridgehead atoms. The molecule has 1 aromatic heterocycles. The summed E-state index contributed by atoms with van der Waals surface area (Å²) in [5.41, 5.74) is 11.8. The Hall–Kier alpha value is -1.60. The molecule has 1 unspecified atom stereocenters. The molecule has 5 N–H and O–H groups in total. The highest BCUT2D eigenvalue weighted by Crippen LogP contribution is 2.32. The van der Waals surface area contributed by atoms with Crippen LogP contribution < -0.4 is 11.5 Å². The summed E-state index contributed by atoms with van der Waals surface area (Å²) in [6.45, 7) is 5.79. The van der Waals surface area contributed by atoms with Crippen molar-refractivity contribution in [2.24, 2.45) is 16.9 Å². The smallest absolute Gasteiger partial charge is 0.269 e. The summed E-state index contributed by atoms with van der Waals surface area (Å²) in [6, 6.07) is 1.69. The van der Waals surface area contributed by atoms with Crippen LogP contribution in [0.15, 0.2) is 6.07 Å². The fourth-order valence-corrected chi connectivity index (χ4v) is 3.35. The molecule has 0 aromatic carbocycles. The normalized spacial score (nSPS) is 18.1. The zero-order chi connectivity index (χ0) is 17.0. The van der Waals surface area contributed by atoms with Crippen LogP contribution in [0.25, 0.3) is 0 Å². The summed E-state index contributed by atoms with van der Waals surface area (Å²) in [7, 11) is 0. The Labute approximate surface area is 148 Å². The molecule has 2 rings (SSSR count). The number of halogens is 1. The van der Waals surface area contributed by atoms with Gasteiger partial charge in [-0.05, 0) is 31.7 Å². The number of piperidine rings is 1. The highest BCUT2D eigenvalue weighted by Gasteiger charge is 2.38. The van der Waals surface area contributed by atoms with Crippen molar-refractivity contribution in [3.63, 3.8) is 0 Å². The number of hydrogen-bond donors (Lipinski definition) is 3. The largest absolute Gasteiger partial charge is 0.364 e. The second kappa shape index (κ2) is 8.48. The molecular formula is C16H28ClN5O2. The number of amides is 2. The number of H-pyrrole nitrogens is 1. The minimum Gasteiger partial charge on any atom is -0.364 e. The number of aromatic amines is 1. The van der Waals surface area contributed by atoms with Gasteiger partial charge in [-0.15, -0.1) is 12.4 Å². The number of hydrogen-bond acceptors (Lipinski definition) is 4. The second-order valence-corrected chi connectivity index (χ2v) is 6.35. The lowest BCUT2D eigenvalue weighted by molar-refractivity contribution is -0.143. The van der Waals surface area contributed by atoms with E-state index in [0.717, 1.165) is 37.9 Å². The summed E-state index contributed by atoms with van der Waals surface area (Å²) in [6.07, 6.45) is 3.37. The molecule has 0 saturated carbocycles. The van der Waals surface area contributed by atoms with Crippen molar-refractivity contribution in [1.82, 2.24) is 15.1 Å². The van der Waals surface area contributed by atoms with E-state index >= 15 is 0 Å². The molecule has 0 radical (unpaired) electrons. The molecule has 1 aliphatic rings. The number of nitrogens with two attached hydrogens (primary N) is 2. The molecule has 136 valence electrons. The summed E-state index contributed by atoms with van der Waals surface area (Å²) in [5, 5.41) is 6.82. The van der Waals surface area contributed by atoms with E-state index in [1.54, 1.807) is 6.07 Å². The van der Waals surface area contributed by atoms with E-state index in [2.05, 4.69) is 10.2 Å². The summed E-state index contributed by atoms with van der Waals surface area (Å²) < 4.78 is 0. The molecule has 24 heavy (non-hydrogen) atoms. The second-order valence-electron chi connectivity index (χ2n) is 6.35. The number of carbonyl (C=O) groups is 2. The van der Waals surface area contributed by atoms with Crippen molar-refractivity contribution in [1.29, 1.82) is 0 Å². The third-order valence-corrected chi connectivity index (χ3v) is 5.20. The Morgan fingerprint density at radius 1 is 1.42 bits per heavy atom. The lowest BCUT2D eigenvalue weighted by atomic mass is 9.80. The van der Waals surface area contributed by atoms with E-state index in [-0.39, 0.29) is 29.9 Å². The first-order valence-electron chi connectivity index (χ1n) is 8.32. The predicted octanol–water partition coefficient (Wildman–Crippen LogP) is 1.40. The van der Waals surface area contributed by atoms with E-state index in [4.69, 9.17) is 11.5 Å². The molecule has 2 heterocycles. The highest BCUT2D eigenvalue weighted by molar-refractivity contribution is 5.90. The number of nitrogens with zero attached hydrogens (tertiary/aromatic N) is 2. The Kier molecular flexibility index (Phi) is 7.23. The van der Waals surface area contributed by atoms with Crippen LogP contribution in [0.1, 0.15) is 61.6 Å². The Morgan fingerprint density at radius 3 is 2.58 bits per heavy atom. The molecule has 7 nitrogen and oxygen atoms in total. The van der Waals surface area contributed by atoms with Gasteiger partial charge in [-0.3, -0.25) is 14.7 Å². The fraction of sp³-hybridized carbons (Fsp3) is 0.688. The van der Waals surface area contributed by atoms with Crippen LogP contribution in [-0.2, 0) is 4.79 Å². The topological polar surface area (TPSA) is 118 Å². The zero-order valence-electron chi connectivity index (χ0n) is 14.4. The van der Waals surface area contributed by atoms with E-state index in [1.165, 1.54) is 0 Å². The molecular weight excluding hydrogens is 330 g/mol. The Balaban J connectivity index is 0.00000288. The quantitative estimate of drug-likeness (QED) is 0.713. The molecule has 1 fully saturated rings. The first kappa shape index (κ1) is 20.4. The fourth-order valence-electron chi connectivity index (χ4n) is 3.35. The zero-order valence-corrected chi connectivity index (χ0v) is 15.2. The minimum atomic E-state index is -0.546. The van der Waals surface area contributed by atoms with Crippen molar-refractivity contribution >= 4 is 24.2 Å². The first-order chi connectivity index (χ1) is 11.0. The molecule has 0 aliphatic carbocycles. The number of carbonyl (C=O) groups excluding carboxylic acids is 2. The van der Waals surface area contributed by atoms with Crippen LogP contribution in [0.2, 0.25) is 0 Å². The molecule has 1 atom stereocenters. The van der Waals surface area contributed by atoms with Gasteiger partial charge in [0, 0.05) is 31.2 Å². The lowest BCUT2D eigenvalue weighted by Crippen LogP contribution is -2.50. The van der Waals surface area contributed by atoms with Gasteiger partial charge in [-0.2, -0.15) is 5.10 Å². The highest BCUT2D eigenvalue weighted by atomic mass is 35.5. The lowest BCUT2D eigenvalue weighted by Gasteiger charge is -2.39. The third-order valence-electron chi connectivity index (χ3n) is 5.20. The number of nitrogens with one attached hydrogen (secondary N) is 1. The van der Waals surface area contributed by atoms with Crippen molar-refractivity contribution in [2.45, 2.75) is 45.4 Å². The van der Waals surface area contributed by atoms with Gasteiger partial charge in [0.05, 0.1) is 5.41 Å². The van der Waals surface area contributed by atoms with Gasteiger partial charge < -0.3 is 16.4 Å². The van der Waals surface area contributed by atoms with E-state index in [9.17, 15) is 9.59 Å². The van der Waals surface area contributed by atoms with Crippen molar-refractivity contribution in [3.05, 3.63) is 17.5 Å². The van der Waals surface area contributed by atoms with Crippen molar-refractivity contribution < 1.29 is 9.59 Å². The average molecular weight is 358 g/mol. The van der Waals surface area contributed by atoms with Crippen LogP contribution in [0.4, 0.5) is 0 Å². The maximum atomic E-state index is 12.9. The van der Waals surface area contributed by atoms with Crippen LogP contribution >= 0.6 is 12.4 Å². The van der Waals surface area contributed by atoms with Crippen molar-refractivity contribution in [3.8, 4) is 0 Å². The first-order valence-corrected chi connectivity index (χ1v) is 8.32. The molecule has 2 amide bonds. The number of likely N-dealkylation sites (tertiary alicyclic amines) is 1. The number of primary amides is 1. The molecule has 1 aliphatic heterocycles. The van der Waals surface area contributed by atoms with Crippen LogP contribution in [-0.4, -0.2) is 46.5 Å². The summed E-state index contributed by atoms with van der Waals surface area (Å²) in [5.74, 6) is -0.253. The predicted molar refractivity (Wildman–Crippen MR) is 95.0 cm³/mol. The third kappa shape index (κ3) is 3.89. The number of rotatable bonds is 6.